The summed E-state index contributed by atoms with van der Waals surface area (Å²) in [4.78, 5) is 2.15. The van der Waals surface area contributed by atoms with Gasteiger partial charge in [0.15, 0.2) is 0 Å². The Kier molecular flexibility index (Phi) is 2.79. The molecule has 0 saturated heterocycles. The van der Waals surface area contributed by atoms with E-state index in [1.54, 1.807) is 0 Å². The minimum Gasteiger partial charge on any atom is -0.338 e. The summed E-state index contributed by atoms with van der Waals surface area (Å²) in [5.74, 6) is 0. The first-order chi connectivity index (χ1) is 11.7. The van der Waals surface area contributed by atoms with Crippen molar-refractivity contribution >= 4 is 0 Å². The van der Waals surface area contributed by atoms with Crippen LogP contribution >= 0.6 is 0 Å². The predicted octanol–water partition coefficient (Wildman–Crippen LogP) is 4.55. The lowest BCUT2D eigenvalue weighted by Crippen LogP contribution is -2.29. The fraction of sp³-hybridized carbons (Fsp3) is 0.182. The fourth-order valence-electron chi connectivity index (χ4n) is 4.32. The van der Waals surface area contributed by atoms with Crippen molar-refractivity contribution < 1.29 is 4.74 Å². The number of nitrogens with zero attached hydrogens (tertiary/aromatic N) is 1. The molecule has 1 aliphatic heterocycles. The molecule has 0 aromatic heterocycles. The molecule has 1 unspecified atom stereocenters. The highest BCUT2D eigenvalue weighted by Crippen LogP contribution is 2.59. The Bertz CT molecular complexity index is 898. The normalized spacial score (nSPS) is 19.4. The van der Waals surface area contributed by atoms with E-state index in [2.05, 4.69) is 91.8 Å². The molecule has 2 nitrogen and oxygen atoms in total. The molecule has 2 heteroatoms. The largest absolute Gasteiger partial charge is 0.338 e. The first-order valence-corrected chi connectivity index (χ1v) is 8.36. The summed E-state index contributed by atoms with van der Waals surface area (Å²) in [5, 5.41) is 0. The SMILES string of the molecule is CN(C)C1OC2(c3ccccc3-c3ccccc32)c2ccccc21. The van der Waals surface area contributed by atoms with Crippen LogP contribution in [0.5, 0.6) is 0 Å². The van der Waals surface area contributed by atoms with Crippen molar-refractivity contribution in [3.63, 3.8) is 0 Å². The maximum Gasteiger partial charge on any atom is 0.147 e. The van der Waals surface area contributed by atoms with Gasteiger partial charge in [-0.1, -0.05) is 72.8 Å². The van der Waals surface area contributed by atoms with Crippen LogP contribution in [0.1, 0.15) is 28.5 Å². The quantitative estimate of drug-likeness (QED) is 0.653. The Hall–Kier alpha value is -2.42. The van der Waals surface area contributed by atoms with E-state index in [1.165, 1.54) is 33.4 Å². The highest BCUT2D eigenvalue weighted by molar-refractivity contribution is 5.83. The lowest BCUT2D eigenvalue weighted by Gasteiger charge is -2.30. The van der Waals surface area contributed by atoms with Gasteiger partial charge in [0.25, 0.3) is 0 Å². The summed E-state index contributed by atoms with van der Waals surface area (Å²) < 4.78 is 6.82. The molecule has 1 heterocycles. The van der Waals surface area contributed by atoms with Crippen LogP contribution in [-0.4, -0.2) is 19.0 Å². The smallest absolute Gasteiger partial charge is 0.147 e. The van der Waals surface area contributed by atoms with Crippen LogP contribution in [0.2, 0.25) is 0 Å². The van der Waals surface area contributed by atoms with Gasteiger partial charge in [-0.25, -0.2) is 0 Å². The molecule has 0 amide bonds. The van der Waals surface area contributed by atoms with Crippen molar-refractivity contribution in [2.24, 2.45) is 0 Å². The zero-order valence-electron chi connectivity index (χ0n) is 13.9. The first kappa shape index (κ1) is 14.0. The zero-order chi connectivity index (χ0) is 16.3. The molecule has 0 saturated carbocycles. The number of hydrogen-bond acceptors (Lipinski definition) is 2. The topological polar surface area (TPSA) is 12.5 Å². The Morgan fingerprint density at radius 2 is 1.21 bits per heavy atom. The van der Waals surface area contributed by atoms with Gasteiger partial charge in [-0.2, -0.15) is 0 Å². The number of hydrogen-bond donors (Lipinski definition) is 0. The Labute approximate surface area is 142 Å². The van der Waals surface area contributed by atoms with Gasteiger partial charge in [0.05, 0.1) is 0 Å². The lowest BCUT2D eigenvalue weighted by atomic mass is 9.83. The van der Waals surface area contributed by atoms with Crippen molar-refractivity contribution in [2.45, 2.75) is 11.8 Å². The average Bonchev–Trinajstić information content (AvgIpc) is 3.12. The van der Waals surface area contributed by atoms with E-state index < -0.39 is 5.60 Å². The van der Waals surface area contributed by atoms with E-state index in [1.807, 2.05) is 0 Å². The van der Waals surface area contributed by atoms with Gasteiger partial charge in [-0.05, 0) is 25.2 Å². The van der Waals surface area contributed by atoms with Crippen molar-refractivity contribution in [3.05, 3.63) is 95.1 Å². The Morgan fingerprint density at radius 1 is 0.708 bits per heavy atom. The summed E-state index contributed by atoms with van der Waals surface area (Å²) in [7, 11) is 4.15. The fourth-order valence-corrected chi connectivity index (χ4v) is 4.32. The van der Waals surface area contributed by atoms with Crippen molar-refractivity contribution in [1.29, 1.82) is 0 Å². The summed E-state index contributed by atoms with van der Waals surface area (Å²) >= 11 is 0. The monoisotopic (exact) mass is 313 g/mol. The standard InChI is InChI=1S/C22H19NO/c1-23(2)21-17-11-5-8-14-20(17)22(24-21)18-12-6-3-9-15(18)16-10-4-7-13-19(16)22/h3-14,21H,1-2H3. The second-order valence-electron chi connectivity index (χ2n) is 6.79. The molecule has 0 bridgehead atoms. The molecule has 1 atom stereocenters. The van der Waals surface area contributed by atoms with Gasteiger partial charge < -0.3 is 4.74 Å². The van der Waals surface area contributed by atoms with E-state index in [4.69, 9.17) is 4.74 Å². The molecule has 1 aliphatic carbocycles. The molecular formula is C22H19NO. The average molecular weight is 313 g/mol. The zero-order valence-corrected chi connectivity index (χ0v) is 13.9. The minimum atomic E-state index is -0.501. The van der Waals surface area contributed by atoms with E-state index in [-0.39, 0.29) is 6.23 Å². The molecule has 5 rings (SSSR count). The summed E-state index contributed by atoms with van der Waals surface area (Å²) in [5.41, 5.74) is 7.09. The van der Waals surface area contributed by atoms with Crippen molar-refractivity contribution in [1.82, 2.24) is 4.90 Å². The van der Waals surface area contributed by atoms with Crippen LogP contribution in [0.4, 0.5) is 0 Å². The third kappa shape index (κ3) is 1.57. The van der Waals surface area contributed by atoms with Gasteiger partial charge in [0.2, 0.25) is 0 Å². The van der Waals surface area contributed by atoms with Crippen LogP contribution in [0.15, 0.2) is 72.8 Å². The van der Waals surface area contributed by atoms with Gasteiger partial charge in [-0.3, -0.25) is 4.90 Å². The number of benzene rings is 3. The third-order valence-corrected chi connectivity index (χ3v) is 5.27. The third-order valence-electron chi connectivity index (χ3n) is 5.27. The summed E-state index contributed by atoms with van der Waals surface area (Å²) in [6.45, 7) is 0. The van der Waals surface area contributed by atoms with Gasteiger partial charge in [-0.15, -0.1) is 0 Å². The Balaban J connectivity index is 1.89. The first-order valence-electron chi connectivity index (χ1n) is 8.36. The molecule has 0 N–H and O–H groups in total. The highest BCUT2D eigenvalue weighted by Gasteiger charge is 2.53. The van der Waals surface area contributed by atoms with Crippen LogP contribution in [-0.2, 0) is 10.3 Å². The molecule has 2 aliphatic rings. The van der Waals surface area contributed by atoms with Crippen LogP contribution in [0, 0.1) is 0 Å². The molecule has 3 aromatic carbocycles. The number of ether oxygens (including phenoxy) is 1. The van der Waals surface area contributed by atoms with Crippen LogP contribution in [0.25, 0.3) is 11.1 Å². The molecule has 24 heavy (non-hydrogen) atoms. The number of rotatable bonds is 1. The van der Waals surface area contributed by atoms with Gasteiger partial charge >= 0.3 is 0 Å². The maximum absolute atomic E-state index is 6.82. The molecule has 3 aromatic rings. The molecule has 118 valence electrons. The van der Waals surface area contributed by atoms with E-state index in [0.29, 0.717) is 0 Å². The molecule has 0 fully saturated rings. The minimum absolute atomic E-state index is 0.0413. The lowest BCUT2D eigenvalue weighted by molar-refractivity contribution is -0.0864. The van der Waals surface area contributed by atoms with E-state index in [9.17, 15) is 0 Å². The van der Waals surface area contributed by atoms with Gasteiger partial charge in [0.1, 0.15) is 11.8 Å². The summed E-state index contributed by atoms with van der Waals surface area (Å²) in [6.07, 6.45) is -0.0413. The van der Waals surface area contributed by atoms with Crippen LogP contribution < -0.4 is 0 Å². The highest BCUT2D eigenvalue weighted by atomic mass is 16.5. The maximum atomic E-state index is 6.82. The van der Waals surface area contributed by atoms with Crippen molar-refractivity contribution in [2.75, 3.05) is 14.1 Å². The van der Waals surface area contributed by atoms with E-state index >= 15 is 0 Å². The molecule has 0 radical (unpaired) electrons. The predicted molar refractivity (Wildman–Crippen MR) is 95.7 cm³/mol. The molecule has 1 spiro atoms. The van der Waals surface area contributed by atoms with Gasteiger partial charge in [0, 0.05) is 22.3 Å². The Morgan fingerprint density at radius 3 is 1.79 bits per heavy atom. The van der Waals surface area contributed by atoms with E-state index in [0.717, 1.165) is 0 Å². The van der Waals surface area contributed by atoms with Crippen LogP contribution in [0.3, 0.4) is 0 Å². The number of fused-ring (bicyclic) bond motifs is 7. The molecular weight excluding hydrogens is 294 g/mol. The van der Waals surface area contributed by atoms with Crippen molar-refractivity contribution in [3.8, 4) is 11.1 Å². The second-order valence-corrected chi connectivity index (χ2v) is 6.79. The summed E-state index contributed by atoms with van der Waals surface area (Å²) in [6, 6.07) is 25.9. The second kappa shape index (κ2) is 4.79.